The monoisotopic (exact) mass is 399 g/mol. The molecule has 1 aliphatic carbocycles. The SMILES string of the molecule is O=C(O)C[C@@H]1Cc2ccccc2N1C(=O)OCC1c2ccccc2-c2ccccc21. The van der Waals surface area contributed by atoms with Crippen molar-refractivity contribution in [1.82, 2.24) is 0 Å². The van der Waals surface area contributed by atoms with Crippen molar-refractivity contribution in [2.45, 2.75) is 24.8 Å². The first-order chi connectivity index (χ1) is 14.6. The van der Waals surface area contributed by atoms with E-state index in [1.54, 1.807) is 0 Å². The second-order valence-corrected chi connectivity index (χ2v) is 7.76. The molecule has 0 unspecified atom stereocenters. The zero-order valence-electron chi connectivity index (χ0n) is 16.3. The highest BCUT2D eigenvalue weighted by Gasteiger charge is 2.37. The second-order valence-electron chi connectivity index (χ2n) is 7.76. The Bertz CT molecular complexity index is 1090. The van der Waals surface area contributed by atoms with Gasteiger partial charge in [0.25, 0.3) is 0 Å². The molecule has 1 aliphatic heterocycles. The first kappa shape index (κ1) is 18.4. The van der Waals surface area contributed by atoms with Crippen LogP contribution in [-0.2, 0) is 16.0 Å². The van der Waals surface area contributed by atoms with E-state index in [1.807, 2.05) is 48.5 Å². The number of aliphatic carboxylic acids is 1. The van der Waals surface area contributed by atoms with Gasteiger partial charge in [-0.1, -0.05) is 66.7 Å². The average molecular weight is 399 g/mol. The summed E-state index contributed by atoms with van der Waals surface area (Å²) in [5.41, 5.74) is 6.35. The molecule has 1 N–H and O–H groups in total. The molecule has 1 amide bonds. The highest BCUT2D eigenvalue weighted by Crippen LogP contribution is 2.44. The summed E-state index contributed by atoms with van der Waals surface area (Å²) in [5.74, 6) is -0.957. The molecule has 5 rings (SSSR count). The summed E-state index contributed by atoms with van der Waals surface area (Å²) in [6, 6.07) is 23.5. The number of carboxylic acid groups (broad SMARTS) is 1. The molecular formula is C25H21NO4. The summed E-state index contributed by atoms with van der Waals surface area (Å²) < 4.78 is 5.79. The van der Waals surface area contributed by atoms with Gasteiger partial charge in [0, 0.05) is 5.92 Å². The minimum atomic E-state index is -0.927. The third-order valence-electron chi connectivity index (χ3n) is 6.01. The summed E-state index contributed by atoms with van der Waals surface area (Å²) in [5, 5.41) is 9.29. The van der Waals surface area contributed by atoms with E-state index in [0.717, 1.165) is 22.4 Å². The topological polar surface area (TPSA) is 66.8 Å². The standard InChI is InChI=1S/C25H21NO4/c27-24(28)14-17-13-16-7-1-6-12-23(16)26(17)25(29)30-15-22-20-10-4-2-8-18(20)19-9-3-5-11-21(19)22/h1-12,17,22H,13-15H2,(H,27,28)/t17-/m0/s1. The van der Waals surface area contributed by atoms with E-state index in [1.165, 1.54) is 16.0 Å². The van der Waals surface area contributed by atoms with Crippen LogP contribution >= 0.6 is 0 Å². The molecule has 5 heteroatoms. The van der Waals surface area contributed by atoms with Crippen molar-refractivity contribution in [1.29, 1.82) is 0 Å². The predicted molar refractivity (Wildman–Crippen MR) is 114 cm³/mol. The number of carbonyl (C=O) groups is 2. The fraction of sp³-hybridized carbons (Fsp3) is 0.200. The minimum absolute atomic E-state index is 0.0304. The fourth-order valence-electron chi connectivity index (χ4n) is 4.74. The Morgan fingerprint density at radius 1 is 0.900 bits per heavy atom. The van der Waals surface area contributed by atoms with Crippen molar-refractivity contribution in [3.8, 4) is 11.1 Å². The zero-order chi connectivity index (χ0) is 20.7. The molecular weight excluding hydrogens is 378 g/mol. The maximum atomic E-state index is 13.1. The van der Waals surface area contributed by atoms with Crippen molar-refractivity contribution in [2.24, 2.45) is 0 Å². The van der Waals surface area contributed by atoms with Gasteiger partial charge in [0.15, 0.2) is 0 Å². The Kier molecular flexibility index (Phi) is 4.51. The van der Waals surface area contributed by atoms with Crippen LogP contribution in [-0.4, -0.2) is 29.8 Å². The number of ether oxygens (including phenoxy) is 1. The maximum absolute atomic E-state index is 13.1. The van der Waals surface area contributed by atoms with Crippen LogP contribution in [0.15, 0.2) is 72.8 Å². The molecule has 150 valence electrons. The number of carbonyl (C=O) groups excluding carboxylic acids is 1. The zero-order valence-corrected chi connectivity index (χ0v) is 16.3. The Morgan fingerprint density at radius 2 is 1.50 bits per heavy atom. The van der Waals surface area contributed by atoms with Crippen molar-refractivity contribution in [3.63, 3.8) is 0 Å². The average Bonchev–Trinajstić information content (AvgIpc) is 3.27. The summed E-state index contributed by atoms with van der Waals surface area (Å²) in [4.78, 5) is 25.9. The number of benzene rings is 3. The lowest BCUT2D eigenvalue weighted by molar-refractivity contribution is -0.137. The highest BCUT2D eigenvalue weighted by atomic mass is 16.6. The normalized spacial score (nSPS) is 16.7. The number of para-hydroxylation sites is 1. The van der Waals surface area contributed by atoms with Gasteiger partial charge in [-0.05, 0) is 40.3 Å². The number of hydrogen-bond donors (Lipinski definition) is 1. The molecule has 3 aromatic carbocycles. The van der Waals surface area contributed by atoms with E-state index in [4.69, 9.17) is 4.74 Å². The van der Waals surface area contributed by atoms with Crippen molar-refractivity contribution in [3.05, 3.63) is 89.5 Å². The summed E-state index contributed by atoms with van der Waals surface area (Å²) in [6.07, 6.45) is -0.0843. The molecule has 30 heavy (non-hydrogen) atoms. The molecule has 0 radical (unpaired) electrons. The van der Waals surface area contributed by atoms with Crippen LogP contribution in [0, 0.1) is 0 Å². The van der Waals surface area contributed by atoms with Gasteiger partial charge in [0.05, 0.1) is 18.2 Å². The van der Waals surface area contributed by atoms with E-state index in [2.05, 4.69) is 24.3 Å². The third-order valence-corrected chi connectivity index (χ3v) is 6.01. The first-order valence-electron chi connectivity index (χ1n) is 10.1. The Labute approximate surface area is 174 Å². The largest absolute Gasteiger partial charge is 0.481 e. The van der Waals surface area contributed by atoms with E-state index in [-0.39, 0.29) is 18.9 Å². The van der Waals surface area contributed by atoms with Gasteiger partial charge >= 0.3 is 12.1 Å². The lowest BCUT2D eigenvalue weighted by Crippen LogP contribution is -2.40. The van der Waals surface area contributed by atoms with Crippen LogP contribution < -0.4 is 4.90 Å². The molecule has 1 atom stereocenters. The Hall–Kier alpha value is -3.60. The van der Waals surface area contributed by atoms with Crippen molar-refractivity contribution in [2.75, 3.05) is 11.5 Å². The van der Waals surface area contributed by atoms with E-state index < -0.39 is 18.1 Å². The molecule has 2 aliphatic rings. The first-order valence-corrected chi connectivity index (χ1v) is 10.1. The molecule has 0 saturated carbocycles. The predicted octanol–water partition coefficient (Wildman–Crippen LogP) is 4.84. The summed E-state index contributed by atoms with van der Waals surface area (Å²) in [6.45, 7) is 0.214. The fourth-order valence-corrected chi connectivity index (χ4v) is 4.74. The summed E-state index contributed by atoms with van der Waals surface area (Å²) >= 11 is 0. The van der Waals surface area contributed by atoms with Gasteiger partial charge in [-0.3, -0.25) is 9.69 Å². The third kappa shape index (κ3) is 3.03. The lowest BCUT2D eigenvalue weighted by atomic mass is 9.98. The van der Waals surface area contributed by atoms with Crippen LogP contribution in [0.25, 0.3) is 11.1 Å². The molecule has 0 aromatic heterocycles. The molecule has 5 nitrogen and oxygen atoms in total. The van der Waals surface area contributed by atoms with Gasteiger partial charge in [-0.2, -0.15) is 0 Å². The molecule has 0 saturated heterocycles. The quantitative estimate of drug-likeness (QED) is 0.682. The van der Waals surface area contributed by atoms with Crippen LogP contribution in [0.4, 0.5) is 10.5 Å². The number of nitrogens with zero attached hydrogens (tertiary/aromatic N) is 1. The van der Waals surface area contributed by atoms with Gasteiger partial charge in [-0.15, -0.1) is 0 Å². The van der Waals surface area contributed by atoms with E-state index in [0.29, 0.717) is 6.42 Å². The second kappa shape index (κ2) is 7.34. The number of fused-ring (bicyclic) bond motifs is 4. The number of carboxylic acids is 1. The highest BCUT2D eigenvalue weighted by molar-refractivity contribution is 5.92. The molecule has 0 bridgehead atoms. The summed E-state index contributed by atoms with van der Waals surface area (Å²) in [7, 11) is 0. The van der Waals surface area contributed by atoms with Crippen molar-refractivity contribution < 1.29 is 19.4 Å². The smallest absolute Gasteiger partial charge is 0.414 e. The van der Waals surface area contributed by atoms with Gasteiger partial charge < -0.3 is 9.84 Å². The van der Waals surface area contributed by atoms with Crippen LogP contribution in [0.5, 0.6) is 0 Å². The number of hydrogen-bond acceptors (Lipinski definition) is 3. The lowest BCUT2D eigenvalue weighted by Gasteiger charge is -2.25. The molecule has 1 heterocycles. The number of anilines is 1. The van der Waals surface area contributed by atoms with Crippen LogP contribution in [0.3, 0.4) is 0 Å². The van der Waals surface area contributed by atoms with Crippen molar-refractivity contribution >= 4 is 17.7 Å². The minimum Gasteiger partial charge on any atom is -0.481 e. The van der Waals surface area contributed by atoms with Gasteiger partial charge in [-0.25, -0.2) is 4.79 Å². The maximum Gasteiger partial charge on any atom is 0.414 e. The van der Waals surface area contributed by atoms with Crippen LogP contribution in [0.1, 0.15) is 29.0 Å². The number of amides is 1. The van der Waals surface area contributed by atoms with E-state index >= 15 is 0 Å². The van der Waals surface area contributed by atoms with Crippen LogP contribution in [0.2, 0.25) is 0 Å². The Balaban J connectivity index is 1.40. The Morgan fingerprint density at radius 3 is 2.17 bits per heavy atom. The van der Waals surface area contributed by atoms with Gasteiger partial charge in [0.2, 0.25) is 0 Å². The molecule has 0 fully saturated rings. The number of rotatable bonds is 4. The van der Waals surface area contributed by atoms with Gasteiger partial charge in [0.1, 0.15) is 6.61 Å². The van der Waals surface area contributed by atoms with E-state index in [9.17, 15) is 14.7 Å². The molecule has 3 aromatic rings. The molecule has 0 spiro atoms.